The molecule has 10 heteroatoms. The van der Waals surface area contributed by atoms with E-state index in [9.17, 15) is 14.4 Å². The standard InChI is InChI=1S/C10H14N2O4.C7H18S.C5H10O.CH2O2/c1-6-4-7(5-13)16-9(6)12-3-2-8(14)11-10(12)15;1-7(2,3)8(4,5)6;1-3-4-5(2)6;2-1-3/h2-3,6-7,9,13H,4-5H2,1H3,(H,11,14,15);1-6H3;3-4H2,1-2H3;1H,(H,2,3). The van der Waals surface area contributed by atoms with Gasteiger partial charge in [-0.15, -0.1) is 0 Å². The van der Waals surface area contributed by atoms with Crippen LogP contribution in [0.25, 0.3) is 0 Å². The van der Waals surface area contributed by atoms with Crippen molar-refractivity contribution in [1.82, 2.24) is 9.55 Å². The lowest BCUT2D eigenvalue weighted by atomic mass is 10.1. The molecule has 0 aromatic carbocycles. The number of nitrogens with zero attached hydrogens (tertiary/aromatic N) is 1. The van der Waals surface area contributed by atoms with Gasteiger partial charge in [0.15, 0.2) is 0 Å². The summed E-state index contributed by atoms with van der Waals surface area (Å²) in [5, 5.41) is 15.9. The lowest BCUT2D eigenvalue weighted by molar-refractivity contribution is -0.123. The largest absolute Gasteiger partial charge is 0.483 e. The van der Waals surface area contributed by atoms with Crippen LogP contribution in [-0.4, -0.2) is 68.2 Å². The molecule has 1 aromatic heterocycles. The lowest BCUT2D eigenvalue weighted by Crippen LogP contribution is -2.33. The van der Waals surface area contributed by atoms with Crippen LogP contribution in [0, 0.1) is 5.92 Å². The fraction of sp³-hybridized carbons (Fsp3) is 0.739. The van der Waals surface area contributed by atoms with E-state index in [2.05, 4.69) is 44.5 Å². The van der Waals surface area contributed by atoms with E-state index < -0.39 is 17.5 Å². The van der Waals surface area contributed by atoms with Crippen molar-refractivity contribution < 1.29 is 24.5 Å². The first-order valence-electron chi connectivity index (χ1n) is 10.9. The van der Waals surface area contributed by atoms with Gasteiger partial charge < -0.3 is 19.7 Å². The topological polar surface area (TPSA) is 139 Å². The Labute approximate surface area is 198 Å². The van der Waals surface area contributed by atoms with Crippen molar-refractivity contribution in [3.63, 3.8) is 0 Å². The summed E-state index contributed by atoms with van der Waals surface area (Å²) in [6.07, 6.45) is 10.2. The number of hydrogen-bond donors (Lipinski definition) is 3. The number of ether oxygens (including phenoxy) is 1. The second kappa shape index (κ2) is 15.8. The van der Waals surface area contributed by atoms with Crippen LogP contribution in [0.2, 0.25) is 0 Å². The number of H-pyrrole nitrogens is 1. The Morgan fingerprint density at radius 1 is 1.30 bits per heavy atom. The fourth-order valence-electron chi connectivity index (χ4n) is 2.35. The summed E-state index contributed by atoms with van der Waals surface area (Å²) in [4.78, 5) is 43.0. The molecule has 194 valence electrons. The molecule has 3 unspecified atom stereocenters. The van der Waals surface area contributed by atoms with Gasteiger partial charge in [-0.05, 0) is 43.3 Å². The molecule has 0 bridgehead atoms. The van der Waals surface area contributed by atoms with Gasteiger partial charge in [-0.3, -0.25) is 19.1 Å². The van der Waals surface area contributed by atoms with Gasteiger partial charge in [0.2, 0.25) is 0 Å². The molecule has 0 aliphatic carbocycles. The molecule has 2 rings (SSSR count). The Morgan fingerprint density at radius 2 is 1.79 bits per heavy atom. The van der Waals surface area contributed by atoms with Gasteiger partial charge in [-0.2, -0.15) is 0 Å². The van der Waals surface area contributed by atoms with Crippen molar-refractivity contribution >= 4 is 22.3 Å². The van der Waals surface area contributed by atoms with Gasteiger partial charge in [-0.25, -0.2) is 14.8 Å². The smallest absolute Gasteiger partial charge is 0.330 e. The van der Waals surface area contributed by atoms with Crippen LogP contribution in [-0.2, 0) is 14.3 Å². The molecule has 0 spiro atoms. The van der Waals surface area contributed by atoms with Crippen LogP contribution in [0.15, 0.2) is 21.9 Å². The van der Waals surface area contributed by atoms with Crippen molar-refractivity contribution in [2.24, 2.45) is 5.92 Å². The minimum atomic E-state index is -0.483. The molecule has 1 aliphatic rings. The minimum absolute atomic E-state index is 0.0566. The molecule has 3 atom stereocenters. The van der Waals surface area contributed by atoms with E-state index in [0.29, 0.717) is 11.2 Å². The van der Waals surface area contributed by atoms with E-state index in [4.69, 9.17) is 19.7 Å². The number of rotatable bonds is 4. The summed E-state index contributed by atoms with van der Waals surface area (Å²) in [5.41, 5.74) is -0.909. The van der Waals surface area contributed by atoms with Crippen LogP contribution in [0.4, 0.5) is 0 Å². The second-order valence-electron chi connectivity index (χ2n) is 9.57. The highest BCUT2D eigenvalue weighted by atomic mass is 32.3. The Kier molecular flexibility index (Phi) is 16.0. The van der Waals surface area contributed by atoms with Gasteiger partial charge in [0.25, 0.3) is 12.0 Å². The van der Waals surface area contributed by atoms with E-state index in [0.717, 1.165) is 12.8 Å². The molecule has 33 heavy (non-hydrogen) atoms. The molecule has 1 aromatic rings. The zero-order valence-electron chi connectivity index (χ0n) is 21.6. The molecule has 1 fully saturated rings. The van der Waals surface area contributed by atoms with Gasteiger partial charge in [0.05, 0.1) is 12.7 Å². The summed E-state index contributed by atoms with van der Waals surface area (Å²) in [6, 6.07) is 1.28. The highest BCUT2D eigenvalue weighted by Gasteiger charge is 2.33. The van der Waals surface area contributed by atoms with Crippen LogP contribution < -0.4 is 11.2 Å². The molecule has 0 radical (unpaired) electrons. The third-order valence-corrected chi connectivity index (χ3v) is 8.90. The number of aromatic nitrogens is 2. The van der Waals surface area contributed by atoms with Crippen LogP contribution in [0.5, 0.6) is 0 Å². The van der Waals surface area contributed by atoms with Crippen molar-refractivity contribution in [1.29, 1.82) is 0 Å². The number of ketones is 1. The average Bonchev–Trinajstić information content (AvgIpc) is 3.02. The number of carbonyl (C=O) groups is 2. The third-order valence-electron chi connectivity index (χ3n) is 5.22. The van der Waals surface area contributed by atoms with Gasteiger partial charge in [0.1, 0.15) is 12.0 Å². The number of carboxylic acid groups (broad SMARTS) is 1. The summed E-state index contributed by atoms with van der Waals surface area (Å²) in [6.45, 7) is 12.2. The molecule has 3 N–H and O–H groups in total. The van der Waals surface area contributed by atoms with E-state index in [1.165, 1.54) is 16.8 Å². The number of aliphatic hydroxyl groups is 1. The van der Waals surface area contributed by atoms with Crippen molar-refractivity contribution in [2.75, 3.05) is 25.4 Å². The number of hydrogen-bond acceptors (Lipinski definition) is 6. The Bertz CT molecular complexity index is 794. The summed E-state index contributed by atoms with van der Waals surface area (Å²) >= 11 is 0. The van der Waals surface area contributed by atoms with E-state index in [1.54, 1.807) is 6.92 Å². The lowest BCUT2D eigenvalue weighted by Gasteiger charge is -2.40. The monoisotopic (exact) mass is 492 g/mol. The molecule has 9 nitrogen and oxygen atoms in total. The fourth-order valence-corrected chi connectivity index (χ4v) is 2.35. The van der Waals surface area contributed by atoms with Crippen LogP contribution >= 0.6 is 10.0 Å². The highest BCUT2D eigenvalue weighted by Crippen LogP contribution is 2.48. The summed E-state index contributed by atoms with van der Waals surface area (Å²) in [7, 11) is -0.340. The molecule has 0 amide bonds. The zero-order chi connectivity index (χ0) is 26.4. The number of carbonyl (C=O) groups excluding carboxylic acids is 1. The maximum atomic E-state index is 11.5. The Hall–Kier alpha value is -1.91. The van der Waals surface area contributed by atoms with Crippen LogP contribution in [0.3, 0.4) is 0 Å². The number of aromatic amines is 1. The maximum Gasteiger partial charge on any atom is 0.330 e. The minimum Gasteiger partial charge on any atom is -0.483 e. The average molecular weight is 493 g/mol. The first-order chi connectivity index (χ1) is 15.0. The number of nitrogens with one attached hydrogen (secondary N) is 1. The summed E-state index contributed by atoms with van der Waals surface area (Å²) < 4.78 is 7.39. The van der Waals surface area contributed by atoms with Crippen molar-refractivity contribution in [3.05, 3.63) is 33.1 Å². The van der Waals surface area contributed by atoms with E-state index in [-0.39, 0.29) is 40.9 Å². The Morgan fingerprint density at radius 3 is 2.06 bits per heavy atom. The molecule has 1 saturated heterocycles. The van der Waals surface area contributed by atoms with Crippen molar-refractivity contribution in [3.8, 4) is 0 Å². The molecule has 2 heterocycles. The SMILES string of the molecule is CC(C)(C)S(C)(C)C.CC1CC(CO)OC1n1ccc(=O)[nH]c1=O.CCCC(C)=O.O=CO. The predicted octanol–water partition coefficient (Wildman–Crippen LogP) is 3.01. The molecule has 0 saturated carbocycles. The number of aliphatic hydroxyl groups excluding tert-OH is 1. The van der Waals surface area contributed by atoms with Gasteiger partial charge >= 0.3 is 5.69 Å². The predicted molar refractivity (Wildman–Crippen MR) is 135 cm³/mol. The van der Waals surface area contributed by atoms with Gasteiger partial charge in [0, 0.05) is 24.6 Å². The normalized spacial score (nSPS) is 20.1. The molecular weight excluding hydrogens is 448 g/mol. The van der Waals surface area contributed by atoms with Gasteiger partial charge in [-0.1, -0.05) is 34.6 Å². The van der Waals surface area contributed by atoms with E-state index in [1.807, 2.05) is 13.8 Å². The number of Topliss-reactive ketones (excluding diaryl/α,β-unsaturated/α-hetero) is 1. The third kappa shape index (κ3) is 14.1. The first-order valence-corrected chi connectivity index (χ1v) is 13.7. The zero-order valence-corrected chi connectivity index (χ0v) is 22.4. The van der Waals surface area contributed by atoms with E-state index >= 15 is 0 Å². The summed E-state index contributed by atoms with van der Waals surface area (Å²) in [5.74, 6) is 0.415. The Balaban J connectivity index is 0. The maximum absolute atomic E-state index is 11.5. The molecular formula is C23H44N2O7S. The van der Waals surface area contributed by atoms with Crippen LogP contribution in [0.1, 0.15) is 67.0 Å². The first kappa shape index (κ1) is 33.3. The molecule has 1 aliphatic heterocycles. The second-order valence-corrected chi connectivity index (χ2v) is 14.5. The quantitative estimate of drug-likeness (QED) is 0.549. The van der Waals surface area contributed by atoms with Crippen molar-refractivity contribution in [2.45, 2.75) is 77.9 Å². The highest BCUT2D eigenvalue weighted by molar-refractivity contribution is 8.33.